The van der Waals surface area contributed by atoms with Crippen LogP contribution in [0, 0.1) is 0 Å². The molecule has 0 saturated heterocycles. The highest BCUT2D eigenvalue weighted by atomic mass is 19.4. The maximum atomic E-state index is 12.8. The van der Waals surface area contributed by atoms with Crippen molar-refractivity contribution in [1.82, 2.24) is 0 Å². The number of hydrogen-bond acceptors (Lipinski definition) is 1. The molecule has 0 saturated carbocycles. The molecule has 1 aromatic rings. The first-order valence-corrected chi connectivity index (χ1v) is 4.34. The lowest BCUT2D eigenvalue weighted by molar-refractivity contribution is -0.289. The Morgan fingerprint density at radius 2 is 1.59 bits per heavy atom. The van der Waals surface area contributed by atoms with E-state index in [0.29, 0.717) is 17.7 Å². The number of halogens is 5. The van der Waals surface area contributed by atoms with Crippen LogP contribution in [0.5, 0.6) is 0 Å². The fourth-order valence-corrected chi connectivity index (χ4v) is 1.10. The Morgan fingerprint density at radius 3 is 2.00 bits per heavy atom. The van der Waals surface area contributed by atoms with Crippen LogP contribution in [-0.4, -0.2) is 6.18 Å². The van der Waals surface area contributed by atoms with Gasteiger partial charge in [0.15, 0.2) is 0 Å². The predicted octanol–water partition coefficient (Wildman–Crippen LogP) is 4.15. The predicted molar refractivity (Wildman–Crippen MR) is 49.2 cm³/mol. The summed E-state index contributed by atoms with van der Waals surface area (Å²) in [6.07, 6.45) is -5.63. The SMILES string of the molecule is [N-]=[N+]=NCc1ccc(C(F)(F)C(F)(F)F)cc1. The zero-order valence-electron chi connectivity index (χ0n) is 8.25. The van der Waals surface area contributed by atoms with E-state index in [0.717, 1.165) is 12.1 Å². The van der Waals surface area contributed by atoms with Gasteiger partial charge in [0.1, 0.15) is 0 Å². The maximum Gasteiger partial charge on any atom is 0.458 e. The summed E-state index contributed by atoms with van der Waals surface area (Å²) in [5.74, 6) is -4.88. The Morgan fingerprint density at radius 1 is 1.06 bits per heavy atom. The minimum absolute atomic E-state index is 0.103. The third-order valence-corrected chi connectivity index (χ3v) is 1.99. The molecular weight excluding hydrogens is 245 g/mol. The van der Waals surface area contributed by atoms with Gasteiger partial charge in [-0.3, -0.25) is 0 Å². The lowest BCUT2D eigenvalue weighted by Gasteiger charge is -2.19. The first-order chi connectivity index (χ1) is 7.79. The van der Waals surface area contributed by atoms with Gasteiger partial charge in [-0.25, -0.2) is 0 Å². The monoisotopic (exact) mass is 251 g/mol. The molecule has 0 amide bonds. The summed E-state index contributed by atoms with van der Waals surface area (Å²) in [5, 5.41) is 3.15. The van der Waals surface area contributed by atoms with Crippen LogP contribution in [0.15, 0.2) is 29.4 Å². The normalized spacial score (nSPS) is 12.1. The Kier molecular flexibility index (Phi) is 3.57. The number of benzene rings is 1. The van der Waals surface area contributed by atoms with E-state index in [1.165, 1.54) is 0 Å². The smallest absolute Gasteiger partial charge is 0.191 e. The second-order valence-corrected chi connectivity index (χ2v) is 3.16. The summed E-state index contributed by atoms with van der Waals surface area (Å²) in [6, 6.07) is 3.44. The summed E-state index contributed by atoms with van der Waals surface area (Å²) in [6.45, 7) is -0.103. The van der Waals surface area contributed by atoms with Crippen molar-refractivity contribution >= 4 is 0 Å². The van der Waals surface area contributed by atoms with Crippen LogP contribution in [-0.2, 0) is 12.5 Å². The molecule has 0 aliphatic carbocycles. The molecule has 0 heterocycles. The largest absolute Gasteiger partial charge is 0.458 e. The molecule has 0 aliphatic rings. The molecule has 1 rings (SSSR count). The van der Waals surface area contributed by atoms with Crippen LogP contribution in [0.4, 0.5) is 22.0 Å². The average molecular weight is 251 g/mol. The Labute approximate surface area is 92.5 Å². The second-order valence-electron chi connectivity index (χ2n) is 3.16. The van der Waals surface area contributed by atoms with Crippen molar-refractivity contribution in [2.45, 2.75) is 18.6 Å². The Bertz CT molecular complexity index is 431. The van der Waals surface area contributed by atoms with Crippen LogP contribution in [0.1, 0.15) is 11.1 Å². The van der Waals surface area contributed by atoms with Crippen LogP contribution >= 0.6 is 0 Å². The maximum absolute atomic E-state index is 12.8. The molecule has 0 unspecified atom stereocenters. The van der Waals surface area contributed by atoms with Gasteiger partial charge in [0, 0.05) is 10.5 Å². The number of hydrogen-bond donors (Lipinski definition) is 0. The highest BCUT2D eigenvalue weighted by Gasteiger charge is 2.58. The highest BCUT2D eigenvalue weighted by molar-refractivity contribution is 5.26. The molecule has 17 heavy (non-hydrogen) atoms. The second kappa shape index (κ2) is 4.58. The molecule has 0 bridgehead atoms. The quantitative estimate of drug-likeness (QED) is 0.335. The first-order valence-electron chi connectivity index (χ1n) is 4.34. The average Bonchev–Trinajstić information content (AvgIpc) is 2.25. The molecular formula is C9H6F5N3. The van der Waals surface area contributed by atoms with Crippen LogP contribution < -0.4 is 0 Å². The molecule has 0 aromatic heterocycles. The summed E-state index contributed by atoms with van der Waals surface area (Å²) >= 11 is 0. The number of azide groups is 1. The fourth-order valence-electron chi connectivity index (χ4n) is 1.10. The highest BCUT2D eigenvalue weighted by Crippen LogP contribution is 2.43. The summed E-state index contributed by atoms with van der Waals surface area (Å²) in [7, 11) is 0. The third kappa shape index (κ3) is 2.85. The third-order valence-electron chi connectivity index (χ3n) is 1.99. The van der Waals surface area contributed by atoms with Crippen molar-refractivity contribution in [2.24, 2.45) is 5.11 Å². The number of nitrogens with zero attached hydrogens (tertiary/aromatic N) is 3. The lowest BCUT2D eigenvalue weighted by atomic mass is 10.1. The van der Waals surface area contributed by atoms with Gasteiger partial charge in [0.25, 0.3) is 0 Å². The van der Waals surface area contributed by atoms with E-state index in [9.17, 15) is 22.0 Å². The molecule has 0 fully saturated rings. The Balaban J connectivity index is 2.98. The van der Waals surface area contributed by atoms with Gasteiger partial charge in [-0.05, 0) is 11.1 Å². The van der Waals surface area contributed by atoms with Crippen molar-refractivity contribution in [3.05, 3.63) is 45.8 Å². The minimum Gasteiger partial charge on any atom is -0.191 e. The van der Waals surface area contributed by atoms with Crippen LogP contribution in [0.3, 0.4) is 0 Å². The molecule has 0 radical (unpaired) electrons. The van der Waals surface area contributed by atoms with Crippen molar-refractivity contribution in [2.75, 3.05) is 0 Å². The first kappa shape index (κ1) is 13.2. The molecule has 0 spiro atoms. The molecule has 92 valence electrons. The van der Waals surface area contributed by atoms with E-state index in [1.807, 2.05) is 0 Å². The summed E-state index contributed by atoms with van der Waals surface area (Å²) < 4.78 is 61.7. The van der Waals surface area contributed by atoms with Gasteiger partial charge in [-0.2, -0.15) is 22.0 Å². The van der Waals surface area contributed by atoms with E-state index in [1.54, 1.807) is 0 Å². The van der Waals surface area contributed by atoms with Gasteiger partial charge in [-0.15, -0.1) is 0 Å². The van der Waals surface area contributed by atoms with Gasteiger partial charge in [0.2, 0.25) is 0 Å². The molecule has 0 N–H and O–H groups in total. The van der Waals surface area contributed by atoms with Crippen molar-refractivity contribution < 1.29 is 22.0 Å². The molecule has 8 heteroatoms. The summed E-state index contributed by atoms with van der Waals surface area (Å²) in [5.41, 5.74) is 7.22. The molecule has 0 atom stereocenters. The molecule has 0 aliphatic heterocycles. The number of rotatable bonds is 3. The van der Waals surface area contributed by atoms with E-state index in [2.05, 4.69) is 10.0 Å². The fraction of sp³-hybridized carbons (Fsp3) is 0.333. The Hall–Kier alpha value is -1.82. The topological polar surface area (TPSA) is 48.8 Å². The van der Waals surface area contributed by atoms with E-state index in [4.69, 9.17) is 5.53 Å². The lowest BCUT2D eigenvalue weighted by Crippen LogP contribution is -2.33. The standard InChI is InChI=1S/C9H6F5N3/c10-8(11,9(12,13)14)7-3-1-6(2-4-7)5-16-17-15/h1-4H,5H2. The van der Waals surface area contributed by atoms with Gasteiger partial charge >= 0.3 is 12.1 Å². The van der Waals surface area contributed by atoms with Gasteiger partial charge in [0.05, 0.1) is 6.54 Å². The molecule has 1 aromatic carbocycles. The van der Waals surface area contributed by atoms with Gasteiger partial charge < -0.3 is 0 Å². The van der Waals surface area contributed by atoms with Crippen LogP contribution in [0.25, 0.3) is 10.4 Å². The summed E-state index contributed by atoms with van der Waals surface area (Å²) in [4.78, 5) is 2.44. The van der Waals surface area contributed by atoms with Crippen LogP contribution in [0.2, 0.25) is 0 Å². The van der Waals surface area contributed by atoms with E-state index >= 15 is 0 Å². The zero-order chi connectivity index (χ0) is 13.1. The van der Waals surface area contributed by atoms with Crippen molar-refractivity contribution in [1.29, 1.82) is 0 Å². The van der Waals surface area contributed by atoms with E-state index < -0.39 is 17.7 Å². The number of alkyl halides is 5. The van der Waals surface area contributed by atoms with Crippen molar-refractivity contribution in [3.8, 4) is 0 Å². The molecule has 3 nitrogen and oxygen atoms in total. The van der Waals surface area contributed by atoms with Crippen molar-refractivity contribution in [3.63, 3.8) is 0 Å². The van der Waals surface area contributed by atoms with Gasteiger partial charge in [-0.1, -0.05) is 29.4 Å². The minimum atomic E-state index is -5.63. The van der Waals surface area contributed by atoms with E-state index in [-0.39, 0.29) is 6.54 Å². The zero-order valence-corrected chi connectivity index (χ0v) is 8.25.